The summed E-state index contributed by atoms with van der Waals surface area (Å²) in [6.07, 6.45) is 2.32. The van der Waals surface area contributed by atoms with E-state index in [0.29, 0.717) is 13.0 Å². The number of likely N-dealkylation sites (tertiary alicyclic amines) is 1. The quantitative estimate of drug-likeness (QED) is 0.607. The van der Waals surface area contributed by atoms with Gasteiger partial charge in [0.25, 0.3) is 0 Å². The lowest BCUT2D eigenvalue weighted by atomic mass is 9.83. The standard InChI is InChI=1S/C21H23NO2S/c1-14-8-10-15(11-9-14)17-13-22(2)21(24)20(17)18(23)12-16-6-4-5-7-19(16)25-3/h4-11,17,20H,12-13H2,1-3H3/t17-,20+/m1/s1. The number of rotatable bonds is 5. The molecular weight excluding hydrogens is 330 g/mol. The Morgan fingerprint density at radius 2 is 1.84 bits per heavy atom. The largest absolute Gasteiger partial charge is 0.344 e. The van der Waals surface area contributed by atoms with Crippen molar-refractivity contribution in [2.24, 2.45) is 5.92 Å². The molecule has 0 spiro atoms. The predicted octanol–water partition coefficient (Wildman–Crippen LogP) is 3.70. The summed E-state index contributed by atoms with van der Waals surface area (Å²) in [4.78, 5) is 28.5. The number of hydrogen-bond acceptors (Lipinski definition) is 3. The van der Waals surface area contributed by atoms with Crippen LogP contribution in [0.1, 0.15) is 22.6 Å². The Labute approximate surface area is 153 Å². The number of amides is 1. The van der Waals surface area contributed by atoms with E-state index in [-0.39, 0.29) is 17.6 Å². The highest BCUT2D eigenvalue weighted by atomic mass is 32.2. The minimum atomic E-state index is -0.581. The molecule has 0 saturated carbocycles. The van der Waals surface area contributed by atoms with Crippen LogP contribution < -0.4 is 0 Å². The fraction of sp³-hybridized carbons (Fsp3) is 0.333. The number of carbonyl (C=O) groups excluding carboxylic acids is 2. The first-order chi connectivity index (χ1) is 12.0. The van der Waals surface area contributed by atoms with Crippen LogP contribution in [0.15, 0.2) is 53.4 Å². The molecule has 4 heteroatoms. The number of carbonyl (C=O) groups is 2. The molecule has 1 saturated heterocycles. The van der Waals surface area contributed by atoms with Gasteiger partial charge in [-0.2, -0.15) is 0 Å². The van der Waals surface area contributed by atoms with Gasteiger partial charge in [-0.25, -0.2) is 0 Å². The van der Waals surface area contributed by atoms with Crippen LogP contribution in [0, 0.1) is 12.8 Å². The summed E-state index contributed by atoms with van der Waals surface area (Å²) < 4.78 is 0. The number of benzene rings is 2. The Kier molecular flexibility index (Phi) is 5.28. The third-order valence-electron chi connectivity index (χ3n) is 4.92. The second kappa shape index (κ2) is 7.44. The first kappa shape index (κ1) is 17.7. The van der Waals surface area contributed by atoms with Crippen molar-refractivity contribution in [1.82, 2.24) is 4.90 Å². The highest BCUT2D eigenvalue weighted by Crippen LogP contribution is 2.35. The van der Waals surface area contributed by atoms with Crippen LogP contribution in [-0.4, -0.2) is 36.4 Å². The summed E-state index contributed by atoms with van der Waals surface area (Å²) in [6.45, 7) is 2.64. The number of likely N-dealkylation sites (N-methyl/N-ethyl adjacent to an activating group) is 1. The van der Waals surface area contributed by atoms with Crippen LogP contribution in [0.4, 0.5) is 0 Å². The van der Waals surface area contributed by atoms with Gasteiger partial charge in [-0.1, -0.05) is 48.0 Å². The fourth-order valence-corrected chi connectivity index (χ4v) is 4.14. The lowest BCUT2D eigenvalue weighted by Crippen LogP contribution is -2.29. The van der Waals surface area contributed by atoms with Gasteiger partial charge in [0, 0.05) is 30.8 Å². The molecule has 130 valence electrons. The summed E-state index contributed by atoms with van der Waals surface area (Å²) >= 11 is 1.63. The molecule has 1 amide bonds. The average Bonchev–Trinajstić information content (AvgIpc) is 2.91. The van der Waals surface area contributed by atoms with Crippen molar-refractivity contribution in [3.8, 4) is 0 Å². The average molecular weight is 353 g/mol. The first-order valence-corrected chi connectivity index (χ1v) is 9.70. The van der Waals surface area contributed by atoms with E-state index in [0.717, 1.165) is 16.0 Å². The maximum atomic E-state index is 13.0. The Morgan fingerprint density at radius 1 is 1.16 bits per heavy atom. The van der Waals surface area contributed by atoms with E-state index in [1.165, 1.54) is 5.56 Å². The van der Waals surface area contributed by atoms with Crippen molar-refractivity contribution in [2.75, 3.05) is 19.8 Å². The molecule has 0 aliphatic carbocycles. The third kappa shape index (κ3) is 3.64. The van der Waals surface area contributed by atoms with Gasteiger partial charge in [0.2, 0.25) is 5.91 Å². The molecule has 3 rings (SSSR count). The zero-order chi connectivity index (χ0) is 18.0. The van der Waals surface area contributed by atoms with Crippen LogP contribution in [-0.2, 0) is 16.0 Å². The van der Waals surface area contributed by atoms with Crippen LogP contribution in [0.2, 0.25) is 0 Å². The lowest BCUT2D eigenvalue weighted by molar-refractivity contribution is -0.136. The van der Waals surface area contributed by atoms with Gasteiger partial charge >= 0.3 is 0 Å². The minimum Gasteiger partial charge on any atom is -0.344 e. The van der Waals surface area contributed by atoms with Crippen molar-refractivity contribution < 1.29 is 9.59 Å². The second-order valence-corrected chi connectivity index (χ2v) is 7.52. The molecule has 2 atom stereocenters. The molecule has 25 heavy (non-hydrogen) atoms. The lowest BCUT2D eigenvalue weighted by Gasteiger charge is -2.17. The molecule has 1 aliphatic heterocycles. The normalized spacial score (nSPS) is 20.1. The van der Waals surface area contributed by atoms with Crippen LogP contribution in [0.25, 0.3) is 0 Å². The summed E-state index contributed by atoms with van der Waals surface area (Å²) in [6, 6.07) is 16.1. The van der Waals surface area contributed by atoms with Gasteiger partial charge in [-0.05, 0) is 30.4 Å². The van der Waals surface area contributed by atoms with E-state index in [9.17, 15) is 9.59 Å². The molecule has 0 unspecified atom stereocenters. The molecule has 2 aromatic carbocycles. The molecule has 3 nitrogen and oxygen atoms in total. The van der Waals surface area contributed by atoms with Gasteiger partial charge in [0.05, 0.1) is 0 Å². The number of nitrogens with zero attached hydrogens (tertiary/aromatic N) is 1. The molecule has 0 aromatic heterocycles. The van der Waals surface area contributed by atoms with E-state index in [1.54, 1.807) is 23.7 Å². The van der Waals surface area contributed by atoms with E-state index >= 15 is 0 Å². The number of hydrogen-bond donors (Lipinski definition) is 0. The number of Topliss-reactive ketones (excluding diaryl/α,β-unsaturated/α-hetero) is 1. The van der Waals surface area contributed by atoms with E-state index in [1.807, 2.05) is 61.7 Å². The maximum absolute atomic E-state index is 13.0. The predicted molar refractivity (Wildman–Crippen MR) is 102 cm³/mol. The van der Waals surface area contributed by atoms with E-state index in [4.69, 9.17) is 0 Å². The Balaban J connectivity index is 1.87. The van der Waals surface area contributed by atoms with Crippen molar-refractivity contribution >= 4 is 23.5 Å². The summed E-state index contributed by atoms with van der Waals surface area (Å²) in [5, 5.41) is 0. The molecule has 1 aliphatic rings. The molecule has 1 heterocycles. The highest BCUT2D eigenvalue weighted by Gasteiger charge is 2.43. The fourth-order valence-electron chi connectivity index (χ4n) is 3.52. The Bertz CT molecular complexity index is 785. The highest BCUT2D eigenvalue weighted by molar-refractivity contribution is 7.98. The van der Waals surface area contributed by atoms with Crippen molar-refractivity contribution in [2.45, 2.75) is 24.2 Å². The van der Waals surface area contributed by atoms with Crippen molar-refractivity contribution in [3.63, 3.8) is 0 Å². The summed E-state index contributed by atoms with van der Waals surface area (Å²) in [5.74, 6) is -0.687. The number of ketones is 1. The van der Waals surface area contributed by atoms with Crippen molar-refractivity contribution in [3.05, 3.63) is 65.2 Å². The minimum absolute atomic E-state index is 0.0152. The summed E-state index contributed by atoms with van der Waals surface area (Å²) in [7, 11) is 1.78. The molecule has 0 bridgehead atoms. The SMILES string of the molecule is CSc1ccccc1CC(=O)[C@H]1C(=O)N(C)C[C@@H]1c1ccc(C)cc1. The molecule has 1 fully saturated rings. The zero-order valence-corrected chi connectivity index (χ0v) is 15.7. The van der Waals surface area contributed by atoms with Gasteiger partial charge in [-0.15, -0.1) is 11.8 Å². The van der Waals surface area contributed by atoms with E-state index < -0.39 is 5.92 Å². The topological polar surface area (TPSA) is 37.4 Å². The number of thioether (sulfide) groups is 1. The monoisotopic (exact) mass is 353 g/mol. The van der Waals surface area contributed by atoms with Crippen LogP contribution in [0.5, 0.6) is 0 Å². The van der Waals surface area contributed by atoms with Gasteiger partial charge in [0.1, 0.15) is 11.7 Å². The van der Waals surface area contributed by atoms with Gasteiger partial charge in [-0.3, -0.25) is 9.59 Å². The van der Waals surface area contributed by atoms with Crippen LogP contribution in [0.3, 0.4) is 0 Å². The molecule has 2 aromatic rings. The van der Waals surface area contributed by atoms with Gasteiger partial charge < -0.3 is 4.90 Å². The van der Waals surface area contributed by atoms with Gasteiger partial charge in [0.15, 0.2) is 0 Å². The van der Waals surface area contributed by atoms with Crippen LogP contribution >= 0.6 is 11.8 Å². The first-order valence-electron chi connectivity index (χ1n) is 8.47. The Hall–Kier alpha value is -2.07. The third-order valence-corrected chi connectivity index (χ3v) is 5.76. The molecule has 0 radical (unpaired) electrons. The number of aryl methyl sites for hydroxylation is 1. The molecular formula is C21H23NO2S. The van der Waals surface area contributed by atoms with E-state index in [2.05, 4.69) is 0 Å². The van der Waals surface area contributed by atoms with Crippen molar-refractivity contribution in [1.29, 1.82) is 0 Å². The smallest absolute Gasteiger partial charge is 0.233 e. The summed E-state index contributed by atoms with van der Waals surface area (Å²) in [5.41, 5.74) is 3.25. The zero-order valence-electron chi connectivity index (χ0n) is 14.9. The molecule has 0 N–H and O–H groups in total. The second-order valence-electron chi connectivity index (χ2n) is 6.67. The maximum Gasteiger partial charge on any atom is 0.233 e. The Morgan fingerprint density at radius 3 is 2.52 bits per heavy atom.